The Morgan fingerprint density at radius 1 is 1.07 bits per heavy atom. The zero-order chi connectivity index (χ0) is 22.4. The second-order valence-corrected chi connectivity index (χ2v) is 9.06. The monoisotopic (exact) mass is 465 g/mol. The van der Waals surface area contributed by atoms with Crippen molar-refractivity contribution in [1.29, 1.82) is 0 Å². The summed E-state index contributed by atoms with van der Waals surface area (Å²) in [6.07, 6.45) is -4.18. The van der Waals surface area contributed by atoms with Crippen LogP contribution in [0.25, 0.3) is 16.9 Å². The fraction of sp³-hybridized carbons (Fsp3) is 0.167. The number of benzene rings is 2. The van der Waals surface area contributed by atoms with Gasteiger partial charge in [0.1, 0.15) is 22.3 Å². The van der Waals surface area contributed by atoms with Crippen LogP contribution in [0.5, 0.6) is 5.75 Å². The maximum Gasteiger partial charge on any atom is 0.573 e. The fourth-order valence-corrected chi connectivity index (χ4v) is 4.24. The molecule has 30 heavy (non-hydrogen) atoms. The van der Waals surface area contributed by atoms with Crippen molar-refractivity contribution < 1.29 is 35.1 Å². The van der Waals surface area contributed by atoms with Crippen LogP contribution < -0.4 is 9.61 Å². The molecule has 0 aliphatic heterocycles. The van der Waals surface area contributed by atoms with Gasteiger partial charge in [-0.2, -0.15) is 0 Å². The minimum atomic E-state index is -4.90. The summed E-state index contributed by atoms with van der Waals surface area (Å²) in [6.45, 7) is 1.32. The molecule has 12 heteroatoms. The number of ether oxygens (including phenoxy) is 1. The lowest BCUT2D eigenvalue weighted by Crippen LogP contribution is -2.18. The summed E-state index contributed by atoms with van der Waals surface area (Å²) in [6, 6.07) is 4.54. The van der Waals surface area contributed by atoms with Gasteiger partial charge in [0.25, 0.3) is 0 Å². The van der Waals surface area contributed by atoms with E-state index in [4.69, 9.17) is 0 Å². The van der Waals surface area contributed by atoms with Gasteiger partial charge in [-0.25, -0.2) is 17.2 Å². The predicted octanol–water partition coefficient (Wildman–Crippen LogP) is 4.45. The van der Waals surface area contributed by atoms with Crippen LogP contribution >= 0.6 is 11.3 Å². The van der Waals surface area contributed by atoms with Crippen LogP contribution in [0.2, 0.25) is 0 Å². The van der Waals surface area contributed by atoms with Crippen molar-refractivity contribution in [3.05, 3.63) is 62.6 Å². The van der Waals surface area contributed by atoms with Gasteiger partial charge in [-0.05, 0) is 42.8 Å². The highest BCUT2D eigenvalue weighted by atomic mass is 32.2. The number of rotatable bonds is 4. The Balaban J connectivity index is 2.15. The lowest BCUT2D eigenvalue weighted by atomic mass is 10.1. The number of alkyl halides is 3. The Morgan fingerprint density at radius 3 is 2.30 bits per heavy atom. The zero-order valence-electron chi connectivity index (χ0n) is 15.3. The van der Waals surface area contributed by atoms with E-state index in [0.717, 1.165) is 23.0 Å². The number of sulfone groups is 1. The Bertz CT molecular complexity index is 1290. The molecule has 0 amide bonds. The molecule has 0 saturated carbocycles. The summed E-state index contributed by atoms with van der Waals surface area (Å²) in [5, 5.41) is 1.23. The lowest BCUT2D eigenvalue weighted by molar-refractivity contribution is -0.274. The van der Waals surface area contributed by atoms with Crippen molar-refractivity contribution in [2.45, 2.75) is 18.2 Å². The van der Waals surface area contributed by atoms with Crippen LogP contribution in [-0.2, 0) is 9.84 Å². The highest BCUT2D eigenvalue weighted by molar-refractivity contribution is 7.90. The molecule has 0 spiro atoms. The van der Waals surface area contributed by atoms with Gasteiger partial charge < -0.3 is 4.74 Å². The van der Waals surface area contributed by atoms with Gasteiger partial charge in [-0.1, -0.05) is 11.3 Å². The van der Waals surface area contributed by atoms with Gasteiger partial charge in [-0.3, -0.25) is 9.36 Å². The van der Waals surface area contributed by atoms with E-state index in [2.05, 4.69) is 4.74 Å². The molecule has 0 aliphatic rings. The van der Waals surface area contributed by atoms with E-state index >= 15 is 0 Å². The molecule has 3 aromatic rings. The van der Waals surface area contributed by atoms with Crippen LogP contribution in [0, 0.1) is 18.6 Å². The Kier molecular flexibility index (Phi) is 5.50. The molecule has 0 bridgehead atoms. The molecule has 0 saturated heterocycles. The van der Waals surface area contributed by atoms with Crippen LogP contribution in [0.15, 0.2) is 45.4 Å². The van der Waals surface area contributed by atoms with E-state index in [1.807, 2.05) is 0 Å². The average Bonchev–Trinajstić information content (AvgIpc) is 2.97. The number of thiazole rings is 1. The van der Waals surface area contributed by atoms with E-state index < -0.39 is 43.4 Å². The molecule has 0 radical (unpaired) electrons. The molecule has 1 heterocycles. The Hall–Kier alpha value is -2.73. The number of aryl methyl sites for hydroxylation is 1. The molecular formula is C18H12F5NO4S2. The first-order valence-corrected chi connectivity index (χ1v) is 10.8. The van der Waals surface area contributed by atoms with Gasteiger partial charge in [0.2, 0.25) is 0 Å². The molecule has 0 aliphatic carbocycles. The third kappa shape index (κ3) is 4.38. The normalized spacial score (nSPS) is 12.2. The third-order valence-electron chi connectivity index (χ3n) is 4.03. The van der Waals surface area contributed by atoms with Crippen molar-refractivity contribution in [3.63, 3.8) is 0 Å². The highest BCUT2D eigenvalue weighted by Crippen LogP contribution is 2.32. The summed E-state index contributed by atoms with van der Waals surface area (Å²) in [5.41, 5.74) is -0.333. The van der Waals surface area contributed by atoms with Crippen LogP contribution in [0.3, 0.4) is 0 Å². The molecule has 160 valence electrons. The SMILES string of the molecule is Cc1cc(-n2c(-c3cc(F)c(S(C)(=O)=O)cc3F)csc2=O)ccc1OC(F)(F)F. The molecule has 0 N–H and O–H groups in total. The van der Waals surface area contributed by atoms with Crippen LogP contribution in [0.4, 0.5) is 22.0 Å². The molecule has 1 aromatic heterocycles. The van der Waals surface area contributed by atoms with E-state index in [1.54, 1.807) is 0 Å². The number of aromatic nitrogens is 1. The fourth-order valence-electron chi connectivity index (χ4n) is 2.76. The summed E-state index contributed by atoms with van der Waals surface area (Å²) in [4.78, 5) is 10.9. The molecule has 2 aromatic carbocycles. The molecule has 0 atom stereocenters. The summed E-state index contributed by atoms with van der Waals surface area (Å²) < 4.78 is 94.2. The number of halogens is 5. The first-order chi connectivity index (χ1) is 13.8. The maximum absolute atomic E-state index is 14.6. The molecular weight excluding hydrogens is 453 g/mol. The molecule has 5 nitrogen and oxygen atoms in total. The van der Waals surface area contributed by atoms with Gasteiger partial charge >= 0.3 is 11.2 Å². The molecule has 3 rings (SSSR count). The molecule has 0 fully saturated rings. The van der Waals surface area contributed by atoms with Crippen LogP contribution in [-0.4, -0.2) is 25.6 Å². The zero-order valence-corrected chi connectivity index (χ0v) is 16.9. The second kappa shape index (κ2) is 7.51. The summed E-state index contributed by atoms with van der Waals surface area (Å²) in [7, 11) is -4.02. The average molecular weight is 465 g/mol. The van der Waals surface area contributed by atoms with E-state index in [-0.39, 0.29) is 22.5 Å². The van der Waals surface area contributed by atoms with Crippen LogP contribution in [0.1, 0.15) is 5.56 Å². The molecule has 0 unspecified atom stereocenters. The van der Waals surface area contributed by atoms with E-state index in [1.165, 1.54) is 18.4 Å². The van der Waals surface area contributed by atoms with E-state index in [9.17, 15) is 35.2 Å². The van der Waals surface area contributed by atoms with Gasteiger partial charge in [0.15, 0.2) is 9.84 Å². The van der Waals surface area contributed by atoms with Crippen molar-refractivity contribution in [2.24, 2.45) is 0 Å². The maximum atomic E-state index is 14.6. The second-order valence-electron chi connectivity index (χ2n) is 6.25. The first-order valence-electron chi connectivity index (χ1n) is 8.05. The van der Waals surface area contributed by atoms with Gasteiger partial charge in [0.05, 0.1) is 11.4 Å². The topological polar surface area (TPSA) is 65.4 Å². The largest absolute Gasteiger partial charge is 0.573 e. The lowest BCUT2D eigenvalue weighted by Gasteiger charge is -2.14. The summed E-state index contributed by atoms with van der Waals surface area (Å²) in [5.74, 6) is -2.77. The van der Waals surface area contributed by atoms with E-state index in [0.29, 0.717) is 23.5 Å². The number of nitrogens with zero attached hydrogens (tertiary/aromatic N) is 1. The smallest absolute Gasteiger partial charge is 0.406 e. The minimum Gasteiger partial charge on any atom is -0.406 e. The van der Waals surface area contributed by atoms with Gasteiger partial charge in [0, 0.05) is 17.2 Å². The quantitative estimate of drug-likeness (QED) is 0.534. The number of hydrogen-bond acceptors (Lipinski definition) is 5. The third-order valence-corrected chi connectivity index (χ3v) is 5.87. The van der Waals surface area contributed by atoms with Crippen molar-refractivity contribution in [2.75, 3.05) is 6.26 Å². The number of hydrogen-bond donors (Lipinski definition) is 0. The standard InChI is InChI=1S/C18H12F5NO4S2/c1-9-5-10(3-4-15(9)28-18(21,22)23)24-14(8-29-17(24)25)11-6-13(20)16(7-12(11)19)30(2,26)27/h3-8H,1-2H3. The highest BCUT2D eigenvalue weighted by Gasteiger charge is 2.32. The van der Waals surface area contributed by atoms with Gasteiger partial charge in [-0.15, -0.1) is 13.2 Å². The Morgan fingerprint density at radius 2 is 1.73 bits per heavy atom. The predicted molar refractivity (Wildman–Crippen MR) is 99.8 cm³/mol. The Labute approximate surface area is 170 Å². The van der Waals surface area contributed by atoms with Crippen molar-refractivity contribution in [3.8, 4) is 22.7 Å². The van der Waals surface area contributed by atoms with Crippen molar-refractivity contribution >= 4 is 21.2 Å². The first kappa shape index (κ1) is 22.0. The van der Waals surface area contributed by atoms with Crippen molar-refractivity contribution in [1.82, 2.24) is 4.57 Å². The minimum absolute atomic E-state index is 0.0490. The summed E-state index contributed by atoms with van der Waals surface area (Å²) >= 11 is 0.654.